The first-order valence-corrected chi connectivity index (χ1v) is 4.63. The lowest BCUT2D eigenvalue weighted by Gasteiger charge is -2.06. The topological polar surface area (TPSA) is 76.0 Å². The van der Waals surface area contributed by atoms with E-state index in [4.69, 9.17) is 14.5 Å². The average molecular weight is 194 g/mol. The number of hydrogen-bond donors (Lipinski definition) is 2. The number of rotatable bonds is 6. The fraction of sp³-hybridized carbons (Fsp3) is 0.333. The van der Waals surface area contributed by atoms with Crippen LogP contribution in [0.25, 0.3) is 0 Å². The monoisotopic (exact) mass is 194 g/mol. The van der Waals surface area contributed by atoms with Gasteiger partial charge in [-0.3, -0.25) is 4.52 Å². The number of hydrogen-bond acceptors (Lipinski definition) is 3. The fourth-order valence-electron chi connectivity index (χ4n) is 0.388. The van der Waals surface area contributed by atoms with Crippen molar-refractivity contribution in [3.8, 4) is 0 Å². The SMILES string of the molecule is C=CC(=C)OCCOP(=O)(O)O. The molecule has 0 aliphatic carbocycles. The van der Waals surface area contributed by atoms with E-state index in [2.05, 4.69) is 17.7 Å². The molecule has 0 aliphatic rings. The van der Waals surface area contributed by atoms with Gasteiger partial charge in [-0.1, -0.05) is 13.2 Å². The normalized spacial score (nSPS) is 10.8. The van der Waals surface area contributed by atoms with Crippen molar-refractivity contribution in [2.75, 3.05) is 13.2 Å². The second-order valence-electron chi connectivity index (χ2n) is 1.84. The van der Waals surface area contributed by atoms with E-state index in [-0.39, 0.29) is 13.2 Å². The van der Waals surface area contributed by atoms with Crippen molar-refractivity contribution < 1.29 is 23.6 Å². The summed E-state index contributed by atoms with van der Waals surface area (Å²) >= 11 is 0. The first-order valence-electron chi connectivity index (χ1n) is 3.10. The van der Waals surface area contributed by atoms with Gasteiger partial charge in [-0.25, -0.2) is 4.57 Å². The molecule has 0 aliphatic heterocycles. The van der Waals surface area contributed by atoms with E-state index in [1.165, 1.54) is 6.08 Å². The van der Waals surface area contributed by atoms with Crippen LogP contribution >= 0.6 is 7.82 Å². The minimum Gasteiger partial charge on any atom is -0.492 e. The summed E-state index contributed by atoms with van der Waals surface area (Å²) in [6, 6.07) is 0. The van der Waals surface area contributed by atoms with E-state index in [1.54, 1.807) is 0 Å². The first kappa shape index (κ1) is 11.4. The summed E-state index contributed by atoms with van der Waals surface area (Å²) < 4.78 is 19.0. The molecule has 12 heavy (non-hydrogen) atoms. The molecular formula is C6H11O5P. The van der Waals surface area contributed by atoms with E-state index >= 15 is 0 Å². The molecular weight excluding hydrogens is 183 g/mol. The Balaban J connectivity index is 3.40. The van der Waals surface area contributed by atoms with E-state index in [1.807, 2.05) is 0 Å². The molecule has 0 saturated carbocycles. The van der Waals surface area contributed by atoms with E-state index < -0.39 is 7.82 Å². The maximum Gasteiger partial charge on any atom is 0.469 e. The Bertz CT molecular complexity index is 206. The minimum atomic E-state index is -4.37. The molecule has 0 rings (SSSR count). The van der Waals surface area contributed by atoms with Crippen molar-refractivity contribution in [1.29, 1.82) is 0 Å². The lowest BCUT2D eigenvalue weighted by molar-refractivity contribution is 0.132. The Labute approximate surface area is 70.5 Å². The van der Waals surface area contributed by atoms with Gasteiger partial charge in [-0.05, 0) is 6.08 Å². The largest absolute Gasteiger partial charge is 0.492 e. The summed E-state index contributed by atoms with van der Waals surface area (Å²) in [6.07, 6.45) is 1.39. The quantitative estimate of drug-likeness (QED) is 0.283. The van der Waals surface area contributed by atoms with Gasteiger partial charge in [0.2, 0.25) is 0 Å². The van der Waals surface area contributed by atoms with Crippen LogP contribution in [-0.2, 0) is 13.8 Å². The van der Waals surface area contributed by atoms with Crippen LogP contribution in [0, 0.1) is 0 Å². The Morgan fingerprint density at radius 2 is 2.08 bits per heavy atom. The highest BCUT2D eigenvalue weighted by atomic mass is 31.2. The predicted octanol–water partition coefficient (Wildman–Crippen LogP) is 0.812. The first-order chi connectivity index (χ1) is 5.45. The molecule has 0 heterocycles. The van der Waals surface area contributed by atoms with Gasteiger partial charge in [0.25, 0.3) is 0 Å². The lowest BCUT2D eigenvalue weighted by atomic mass is 10.5. The van der Waals surface area contributed by atoms with Crippen molar-refractivity contribution in [1.82, 2.24) is 0 Å². The third-order valence-corrected chi connectivity index (χ3v) is 1.38. The minimum absolute atomic E-state index is 0.0377. The molecule has 0 radical (unpaired) electrons. The van der Waals surface area contributed by atoms with Crippen LogP contribution in [0.5, 0.6) is 0 Å². The van der Waals surface area contributed by atoms with Crippen LogP contribution in [0.15, 0.2) is 25.0 Å². The van der Waals surface area contributed by atoms with Crippen LogP contribution in [-0.4, -0.2) is 23.0 Å². The highest BCUT2D eigenvalue weighted by molar-refractivity contribution is 7.46. The fourth-order valence-corrected chi connectivity index (χ4v) is 0.700. The molecule has 0 bridgehead atoms. The third-order valence-electron chi connectivity index (χ3n) is 0.858. The van der Waals surface area contributed by atoms with Crippen molar-refractivity contribution >= 4 is 7.82 Å². The molecule has 5 nitrogen and oxygen atoms in total. The third kappa shape index (κ3) is 7.50. The molecule has 0 atom stereocenters. The number of phosphoric acid groups is 1. The highest BCUT2D eigenvalue weighted by Crippen LogP contribution is 2.35. The number of phosphoric ester groups is 1. The van der Waals surface area contributed by atoms with E-state index in [9.17, 15) is 4.57 Å². The van der Waals surface area contributed by atoms with Crippen LogP contribution < -0.4 is 0 Å². The summed E-state index contributed by atoms with van der Waals surface area (Å²) in [5.74, 6) is 0.337. The molecule has 2 N–H and O–H groups in total. The van der Waals surface area contributed by atoms with Crippen LogP contribution in [0.4, 0.5) is 0 Å². The number of ether oxygens (including phenoxy) is 1. The van der Waals surface area contributed by atoms with Gasteiger partial charge in [0.1, 0.15) is 12.4 Å². The Morgan fingerprint density at radius 1 is 1.50 bits per heavy atom. The van der Waals surface area contributed by atoms with Crippen LogP contribution in [0.2, 0.25) is 0 Å². The summed E-state index contributed by atoms with van der Waals surface area (Å²) in [6.45, 7) is 6.64. The Hall–Kier alpha value is -0.610. The van der Waals surface area contributed by atoms with Gasteiger partial charge in [0, 0.05) is 0 Å². The molecule has 0 saturated heterocycles. The van der Waals surface area contributed by atoms with Crippen molar-refractivity contribution in [3.63, 3.8) is 0 Å². The Morgan fingerprint density at radius 3 is 2.50 bits per heavy atom. The molecule has 70 valence electrons. The maximum absolute atomic E-state index is 10.1. The molecule has 0 spiro atoms. The molecule has 0 aromatic heterocycles. The summed E-state index contributed by atoms with van der Waals surface area (Å²) in [4.78, 5) is 16.5. The zero-order chi connectivity index (χ0) is 9.61. The van der Waals surface area contributed by atoms with Crippen molar-refractivity contribution in [2.45, 2.75) is 0 Å². The summed E-state index contributed by atoms with van der Waals surface area (Å²) in [7, 11) is -4.37. The maximum atomic E-state index is 10.1. The van der Waals surface area contributed by atoms with Crippen molar-refractivity contribution in [2.24, 2.45) is 0 Å². The molecule has 0 unspecified atom stereocenters. The second kappa shape index (κ2) is 5.11. The molecule has 0 amide bonds. The summed E-state index contributed by atoms with van der Waals surface area (Å²) in [5, 5.41) is 0. The Kier molecular flexibility index (Phi) is 4.85. The molecule has 6 heteroatoms. The van der Waals surface area contributed by atoms with Crippen molar-refractivity contribution in [3.05, 3.63) is 25.0 Å². The number of allylic oxidation sites excluding steroid dienone is 1. The molecule has 0 aromatic carbocycles. The smallest absolute Gasteiger partial charge is 0.469 e. The van der Waals surface area contributed by atoms with Crippen LogP contribution in [0.3, 0.4) is 0 Å². The average Bonchev–Trinajstić information content (AvgIpc) is 1.96. The highest BCUT2D eigenvalue weighted by Gasteiger charge is 2.12. The lowest BCUT2D eigenvalue weighted by Crippen LogP contribution is -2.01. The second-order valence-corrected chi connectivity index (χ2v) is 3.08. The standard InChI is InChI=1S/C6H11O5P/c1-3-6(2)10-4-5-11-12(7,8)9/h3H,1-2,4-5H2,(H2,7,8,9). The zero-order valence-corrected chi connectivity index (χ0v) is 7.37. The van der Waals surface area contributed by atoms with Gasteiger partial charge in [-0.2, -0.15) is 0 Å². The van der Waals surface area contributed by atoms with Gasteiger partial charge >= 0.3 is 7.82 Å². The summed E-state index contributed by atoms with van der Waals surface area (Å²) in [5.41, 5.74) is 0. The molecule has 0 aromatic rings. The van der Waals surface area contributed by atoms with Gasteiger partial charge < -0.3 is 14.5 Å². The molecule has 0 fully saturated rings. The van der Waals surface area contributed by atoms with E-state index in [0.29, 0.717) is 5.76 Å². The predicted molar refractivity (Wildman–Crippen MR) is 43.3 cm³/mol. The zero-order valence-electron chi connectivity index (χ0n) is 6.47. The van der Waals surface area contributed by atoms with Gasteiger partial charge in [0.15, 0.2) is 0 Å². The van der Waals surface area contributed by atoms with E-state index in [0.717, 1.165) is 0 Å². The van der Waals surface area contributed by atoms with Gasteiger partial charge in [0.05, 0.1) is 6.61 Å². The van der Waals surface area contributed by atoms with Gasteiger partial charge in [-0.15, -0.1) is 0 Å². The van der Waals surface area contributed by atoms with Crippen LogP contribution in [0.1, 0.15) is 0 Å².